The SMILES string of the molecule is CC(C)c1ccc(-c2cc(C(F)(F)F)n3ncc(C(=O)Nc4cnn(Cc5cccc(Cl)c5)c4)c3n2)cc1. The molecule has 0 bridgehead atoms. The first-order chi connectivity index (χ1) is 18.1. The number of fused-ring (bicyclic) bond motifs is 1. The largest absolute Gasteiger partial charge is 0.433 e. The standard InChI is InChI=1S/C27H22ClF3N6O/c1-16(2)18-6-8-19(9-7-18)23-11-24(27(29,30)31)37-25(35-23)22(13-33-37)26(38)34-21-12-32-36(15-21)14-17-4-3-5-20(28)10-17/h3-13,15-16H,14H2,1-2H3,(H,34,38). The highest BCUT2D eigenvalue weighted by molar-refractivity contribution is 6.30. The quantitative estimate of drug-likeness (QED) is 0.261. The van der Waals surface area contributed by atoms with Gasteiger partial charge in [0, 0.05) is 16.8 Å². The lowest BCUT2D eigenvalue weighted by atomic mass is 10.0. The molecule has 0 saturated heterocycles. The van der Waals surface area contributed by atoms with Gasteiger partial charge in [0.1, 0.15) is 5.56 Å². The van der Waals surface area contributed by atoms with Crippen molar-refractivity contribution in [1.29, 1.82) is 0 Å². The zero-order valence-electron chi connectivity index (χ0n) is 20.4. The predicted octanol–water partition coefficient (Wildman–Crippen LogP) is 6.69. The summed E-state index contributed by atoms with van der Waals surface area (Å²) >= 11 is 6.03. The number of nitrogens with zero attached hydrogens (tertiary/aromatic N) is 5. The molecule has 7 nitrogen and oxygen atoms in total. The maximum atomic E-state index is 13.9. The van der Waals surface area contributed by atoms with Crippen molar-refractivity contribution in [1.82, 2.24) is 24.4 Å². The molecule has 0 aliphatic rings. The minimum atomic E-state index is -4.71. The number of nitrogens with one attached hydrogen (secondary N) is 1. The molecule has 0 atom stereocenters. The van der Waals surface area contributed by atoms with Crippen LogP contribution in [0.2, 0.25) is 5.02 Å². The first-order valence-electron chi connectivity index (χ1n) is 11.7. The van der Waals surface area contributed by atoms with Crippen molar-refractivity contribution < 1.29 is 18.0 Å². The molecule has 2 aromatic carbocycles. The van der Waals surface area contributed by atoms with E-state index in [1.165, 1.54) is 6.20 Å². The number of benzene rings is 2. The predicted molar refractivity (Wildman–Crippen MR) is 138 cm³/mol. The Hall–Kier alpha value is -4.18. The van der Waals surface area contributed by atoms with Crippen LogP contribution in [0.5, 0.6) is 0 Å². The second-order valence-electron chi connectivity index (χ2n) is 9.11. The molecule has 1 amide bonds. The van der Waals surface area contributed by atoms with Crippen molar-refractivity contribution in [3.05, 3.63) is 101 Å². The van der Waals surface area contributed by atoms with Crippen LogP contribution in [0.3, 0.4) is 0 Å². The molecular weight excluding hydrogens is 517 g/mol. The Balaban J connectivity index is 1.46. The number of carbonyl (C=O) groups is 1. The van der Waals surface area contributed by atoms with Crippen molar-refractivity contribution in [2.75, 3.05) is 5.32 Å². The number of rotatable bonds is 6. The van der Waals surface area contributed by atoms with E-state index in [4.69, 9.17) is 11.6 Å². The number of halogens is 4. The van der Waals surface area contributed by atoms with E-state index in [-0.39, 0.29) is 22.8 Å². The number of anilines is 1. The monoisotopic (exact) mass is 538 g/mol. The maximum Gasteiger partial charge on any atom is 0.433 e. The van der Waals surface area contributed by atoms with E-state index in [0.29, 0.717) is 27.3 Å². The summed E-state index contributed by atoms with van der Waals surface area (Å²) in [6, 6.07) is 15.4. The van der Waals surface area contributed by atoms with Crippen molar-refractivity contribution >= 4 is 28.8 Å². The molecule has 11 heteroatoms. The first kappa shape index (κ1) is 25.5. The van der Waals surface area contributed by atoms with Gasteiger partial charge in [0.05, 0.1) is 30.3 Å². The third-order valence-electron chi connectivity index (χ3n) is 6.00. The van der Waals surface area contributed by atoms with Crippen LogP contribution in [-0.4, -0.2) is 30.3 Å². The number of aromatic nitrogens is 5. The van der Waals surface area contributed by atoms with Crippen molar-refractivity contribution in [3.8, 4) is 11.3 Å². The zero-order chi connectivity index (χ0) is 27.0. The minimum Gasteiger partial charge on any atom is -0.319 e. The lowest BCUT2D eigenvalue weighted by Gasteiger charge is -2.12. The molecule has 5 rings (SSSR count). The van der Waals surface area contributed by atoms with Crippen LogP contribution in [0, 0.1) is 0 Å². The van der Waals surface area contributed by atoms with Crippen LogP contribution in [-0.2, 0) is 12.7 Å². The molecule has 0 unspecified atom stereocenters. The molecule has 0 aliphatic carbocycles. The molecule has 38 heavy (non-hydrogen) atoms. The number of hydrogen-bond donors (Lipinski definition) is 1. The van der Waals surface area contributed by atoms with Crippen LogP contribution in [0.25, 0.3) is 16.9 Å². The fourth-order valence-corrected chi connectivity index (χ4v) is 4.26. The second kappa shape index (κ2) is 9.94. The van der Waals surface area contributed by atoms with Gasteiger partial charge in [-0.1, -0.05) is 61.8 Å². The molecule has 0 radical (unpaired) electrons. The summed E-state index contributed by atoms with van der Waals surface area (Å²) in [6.07, 6.45) is -0.574. The van der Waals surface area contributed by atoms with E-state index >= 15 is 0 Å². The van der Waals surface area contributed by atoms with Gasteiger partial charge in [-0.3, -0.25) is 9.48 Å². The summed E-state index contributed by atoms with van der Waals surface area (Å²) in [5.74, 6) is -0.388. The molecule has 0 fully saturated rings. The average Bonchev–Trinajstić information content (AvgIpc) is 3.49. The van der Waals surface area contributed by atoms with Crippen LogP contribution in [0.1, 0.15) is 46.9 Å². The van der Waals surface area contributed by atoms with Crippen LogP contribution in [0.4, 0.5) is 18.9 Å². The van der Waals surface area contributed by atoms with E-state index in [2.05, 4.69) is 20.5 Å². The molecule has 3 aromatic heterocycles. The summed E-state index contributed by atoms with van der Waals surface area (Å²) in [4.78, 5) is 17.5. The summed E-state index contributed by atoms with van der Waals surface area (Å²) < 4.78 is 44.1. The van der Waals surface area contributed by atoms with E-state index in [1.54, 1.807) is 35.1 Å². The zero-order valence-corrected chi connectivity index (χ0v) is 21.1. The third kappa shape index (κ3) is 5.26. The molecule has 0 saturated carbocycles. The average molecular weight is 539 g/mol. The Morgan fingerprint density at radius 3 is 2.50 bits per heavy atom. The number of amides is 1. The Kier molecular flexibility index (Phi) is 6.66. The summed E-state index contributed by atoms with van der Waals surface area (Å²) in [5, 5.41) is 11.3. The fourth-order valence-electron chi connectivity index (χ4n) is 4.05. The Morgan fingerprint density at radius 2 is 1.82 bits per heavy atom. The molecular formula is C27H22ClF3N6O. The lowest BCUT2D eigenvalue weighted by Crippen LogP contribution is -2.15. The number of alkyl halides is 3. The Morgan fingerprint density at radius 1 is 1.05 bits per heavy atom. The summed E-state index contributed by atoms with van der Waals surface area (Å²) in [6.45, 7) is 4.47. The molecule has 0 spiro atoms. The van der Waals surface area contributed by atoms with E-state index < -0.39 is 17.8 Å². The molecule has 194 valence electrons. The molecule has 3 heterocycles. The van der Waals surface area contributed by atoms with Gasteiger partial charge in [0.25, 0.3) is 5.91 Å². The number of hydrogen-bond acceptors (Lipinski definition) is 4. The second-order valence-corrected chi connectivity index (χ2v) is 9.54. The third-order valence-corrected chi connectivity index (χ3v) is 6.24. The van der Waals surface area contributed by atoms with Gasteiger partial charge >= 0.3 is 6.18 Å². The van der Waals surface area contributed by atoms with Gasteiger partial charge in [0.2, 0.25) is 0 Å². The van der Waals surface area contributed by atoms with Crippen molar-refractivity contribution in [2.24, 2.45) is 0 Å². The highest BCUT2D eigenvalue weighted by atomic mass is 35.5. The molecule has 5 aromatic rings. The van der Waals surface area contributed by atoms with Crippen molar-refractivity contribution in [3.63, 3.8) is 0 Å². The smallest absolute Gasteiger partial charge is 0.319 e. The van der Waals surface area contributed by atoms with E-state index in [9.17, 15) is 18.0 Å². The van der Waals surface area contributed by atoms with Crippen LogP contribution in [0.15, 0.2) is 73.2 Å². The minimum absolute atomic E-state index is 0.0871. The van der Waals surface area contributed by atoms with Crippen molar-refractivity contribution in [2.45, 2.75) is 32.5 Å². The summed E-state index contributed by atoms with van der Waals surface area (Å²) in [7, 11) is 0. The van der Waals surface area contributed by atoms with Gasteiger partial charge in [-0.25, -0.2) is 9.50 Å². The first-order valence-corrected chi connectivity index (χ1v) is 12.1. The van der Waals surface area contributed by atoms with Gasteiger partial charge in [0.15, 0.2) is 11.3 Å². The number of carbonyl (C=O) groups excluding carboxylic acids is 1. The normalized spacial score (nSPS) is 11.9. The maximum absolute atomic E-state index is 13.9. The van der Waals surface area contributed by atoms with Gasteiger partial charge < -0.3 is 5.32 Å². The molecule has 1 N–H and O–H groups in total. The van der Waals surface area contributed by atoms with Crippen LogP contribution >= 0.6 is 11.6 Å². The molecule has 0 aliphatic heterocycles. The van der Waals surface area contributed by atoms with E-state index in [1.807, 2.05) is 38.1 Å². The highest BCUT2D eigenvalue weighted by Crippen LogP contribution is 2.33. The van der Waals surface area contributed by atoms with Crippen LogP contribution < -0.4 is 5.32 Å². The van der Waals surface area contributed by atoms with E-state index in [0.717, 1.165) is 23.4 Å². The lowest BCUT2D eigenvalue weighted by molar-refractivity contribution is -0.142. The van der Waals surface area contributed by atoms with Gasteiger partial charge in [-0.2, -0.15) is 23.4 Å². The topological polar surface area (TPSA) is 77.1 Å². The van der Waals surface area contributed by atoms with Gasteiger partial charge in [-0.15, -0.1) is 0 Å². The summed E-state index contributed by atoms with van der Waals surface area (Å²) in [5.41, 5.74) is 1.59. The Bertz CT molecular complexity index is 1620. The fraction of sp³-hybridized carbons (Fsp3) is 0.185. The highest BCUT2D eigenvalue weighted by Gasteiger charge is 2.36. The van der Waals surface area contributed by atoms with Gasteiger partial charge in [-0.05, 0) is 35.2 Å². The Labute approximate surface area is 220 Å².